The summed E-state index contributed by atoms with van der Waals surface area (Å²) in [6.45, 7) is 3.38. The number of hydrogen-bond donors (Lipinski definition) is 3. The molecule has 2 saturated carbocycles. The van der Waals surface area contributed by atoms with E-state index < -0.39 is 98.8 Å². The summed E-state index contributed by atoms with van der Waals surface area (Å²) in [6.07, 6.45) is 3.63. The molecule has 18 nitrogen and oxygen atoms in total. The summed E-state index contributed by atoms with van der Waals surface area (Å²) in [5.41, 5.74) is -6.32. The number of nitrogens with one attached hydrogen (secondary N) is 1. The molecular weight excluding hydrogens is 733 g/mol. The van der Waals surface area contributed by atoms with Crippen molar-refractivity contribution in [3.8, 4) is 0 Å². The van der Waals surface area contributed by atoms with Crippen LogP contribution in [0.3, 0.4) is 0 Å². The van der Waals surface area contributed by atoms with Gasteiger partial charge in [-0.05, 0) is 69.8 Å². The topological polar surface area (TPSA) is 261 Å². The van der Waals surface area contributed by atoms with E-state index in [0.29, 0.717) is 12.0 Å². The average Bonchev–Trinajstić information content (AvgIpc) is 3.31. The van der Waals surface area contributed by atoms with E-state index in [-0.39, 0.29) is 83.4 Å². The summed E-state index contributed by atoms with van der Waals surface area (Å²) in [4.78, 5) is 93.7. The highest BCUT2D eigenvalue weighted by Crippen LogP contribution is 2.70. The second-order valence-electron chi connectivity index (χ2n) is 15.4. The number of hydrogen-bond acceptors (Lipinski definition) is 15. The number of rotatable bonds is 20. The Bertz CT molecular complexity index is 1590. The number of aliphatic hydroxyl groups is 2. The van der Waals surface area contributed by atoms with Crippen molar-refractivity contribution >= 4 is 29.4 Å². The molecule has 55 heavy (non-hydrogen) atoms. The summed E-state index contributed by atoms with van der Waals surface area (Å²) in [7, 11) is 0. The first-order valence-corrected chi connectivity index (χ1v) is 18.5. The van der Waals surface area contributed by atoms with Gasteiger partial charge in [0.1, 0.15) is 11.6 Å². The molecule has 3 N–H and O–H groups in total. The highest BCUT2D eigenvalue weighted by atomic mass is 19.1. The maximum atomic E-state index is 17.5. The normalized spacial score (nSPS) is 32.5. The minimum Gasteiger partial charge on any atom is -0.464 e. The van der Waals surface area contributed by atoms with Crippen LogP contribution in [0.25, 0.3) is 0 Å². The number of nitrogens with zero attached hydrogens (tertiary/aromatic N) is 2. The van der Waals surface area contributed by atoms with Gasteiger partial charge in [-0.3, -0.25) is 19.2 Å². The molecule has 0 bridgehead atoms. The van der Waals surface area contributed by atoms with Crippen molar-refractivity contribution in [2.45, 2.75) is 115 Å². The van der Waals surface area contributed by atoms with Gasteiger partial charge in [-0.25, -0.2) is 9.18 Å². The summed E-state index contributed by atoms with van der Waals surface area (Å²) in [5, 5.41) is 44.8. The van der Waals surface area contributed by atoms with Crippen molar-refractivity contribution in [3.05, 3.63) is 44.0 Å². The van der Waals surface area contributed by atoms with Gasteiger partial charge in [0.05, 0.1) is 32.3 Å². The number of alkyl halides is 1. The third-order valence-electron chi connectivity index (χ3n) is 12.2. The monoisotopic (exact) mass is 783 g/mol. The van der Waals surface area contributed by atoms with Crippen LogP contribution in [0, 0.1) is 48.8 Å². The molecule has 0 saturated heterocycles. The van der Waals surface area contributed by atoms with Crippen molar-refractivity contribution in [1.82, 2.24) is 5.32 Å². The number of Topliss-reactive ketones (excluding diaryl/α,β-unsaturated/α-hetero) is 1. The highest BCUT2D eigenvalue weighted by Gasteiger charge is 2.75. The number of carbonyl (C=O) groups is 5. The van der Waals surface area contributed by atoms with Crippen molar-refractivity contribution in [2.75, 3.05) is 26.4 Å². The molecule has 4 aliphatic carbocycles. The third kappa shape index (κ3) is 8.82. The number of aliphatic hydroxyl groups excluding tert-OH is 1. The fourth-order valence-corrected chi connectivity index (χ4v) is 9.31. The Morgan fingerprint density at radius 2 is 1.64 bits per heavy atom. The van der Waals surface area contributed by atoms with E-state index >= 15 is 4.39 Å². The van der Waals surface area contributed by atoms with Gasteiger partial charge < -0.3 is 34.7 Å². The molecule has 0 aromatic carbocycles. The van der Waals surface area contributed by atoms with Crippen LogP contribution in [0.2, 0.25) is 0 Å². The Morgan fingerprint density at radius 1 is 1.00 bits per heavy atom. The van der Waals surface area contributed by atoms with E-state index in [1.165, 1.54) is 12.2 Å². The molecule has 0 aromatic rings. The van der Waals surface area contributed by atoms with Crippen LogP contribution in [0.15, 0.2) is 23.8 Å². The van der Waals surface area contributed by atoms with Gasteiger partial charge in [0, 0.05) is 29.6 Å². The zero-order valence-electron chi connectivity index (χ0n) is 31.2. The second kappa shape index (κ2) is 17.5. The largest absolute Gasteiger partial charge is 0.464 e. The second-order valence-corrected chi connectivity index (χ2v) is 15.4. The molecule has 0 radical (unpaired) electrons. The van der Waals surface area contributed by atoms with E-state index in [1.54, 1.807) is 20.8 Å². The van der Waals surface area contributed by atoms with E-state index in [9.17, 15) is 54.4 Å². The lowest BCUT2D eigenvalue weighted by Crippen LogP contribution is -2.69. The molecule has 1 unspecified atom stereocenters. The molecular formula is C36H50FN3O15. The number of allylic oxidation sites excluding steroid dienone is 4. The van der Waals surface area contributed by atoms with E-state index in [1.807, 2.05) is 6.08 Å². The quantitative estimate of drug-likeness (QED) is 0.0527. The summed E-state index contributed by atoms with van der Waals surface area (Å²) in [5.74, 6) is -5.90. The number of ether oxygens (including phenoxy) is 2. The fraction of sp³-hybridized carbons (Fsp3) is 0.750. The van der Waals surface area contributed by atoms with Crippen LogP contribution < -0.4 is 5.32 Å². The minimum atomic E-state index is -2.18. The molecule has 306 valence electrons. The van der Waals surface area contributed by atoms with Gasteiger partial charge in [-0.2, -0.15) is 0 Å². The number of amides is 1. The number of unbranched alkanes of at least 4 members (excludes halogenated alkanes) is 3. The van der Waals surface area contributed by atoms with Crippen LogP contribution in [0.4, 0.5) is 4.39 Å². The van der Waals surface area contributed by atoms with Crippen LogP contribution in [0.1, 0.15) is 91.4 Å². The number of fused-ring (bicyclic) bond motifs is 5. The Hall–Kier alpha value is -4.52. The lowest BCUT2D eigenvalue weighted by molar-refractivity contribution is -0.757. The average molecular weight is 784 g/mol. The first-order valence-electron chi connectivity index (χ1n) is 18.5. The molecule has 0 aromatic heterocycles. The minimum absolute atomic E-state index is 0.0392. The maximum absolute atomic E-state index is 17.5. The lowest BCUT2D eigenvalue weighted by Gasteiger charge is -2.62. The van der Waals surface area contributed by atoms with Gasteiger partial charge >= 0.3 is 11.9 Å². The molecule has 9 atom stereocenters. The van der Waals surface area contributed by atoms with Gasteiger partial charge in [0.2, 0.25) is 11.7 Å². The first-order chi connectivity index (χ1) is 25.8. The van der Waals surface area contributed by atoms with Gasteiger partial charge in [-0.15, -0.1) is 20.2 Å². The number of esters is 2. The van der Waals surface area contributed by atoms with Crippen molar-refractivity contribution < 1.29 is 67.9 Å². The van der Waals surface area contributed by atoms with Crippen LogP contribution in [0.5, 0.6) is 0 Å². The summed E-state index contributed by atoms with van der Waals surface area (Å²) in [6, 6.07) is -1.56. The fourth-order valence-electron chi connectivity index (χ4n) is 9.31. The summed E-state index contributed by atoms with van der Waals surface area (Å²) < 4.78 is 27.9. The van der Waals surface area contributed by atoms with Crippen molar-refractivity contribution in [3.63, 3.8) is 0 Å². The van der Waals surface area contributed by atoms with Crippen LogP contribution in [-0.2, 0) is 43.1 Å². The molecule has 4 rings (SSSR count). The molecule has 0 spiro atoms. The van der Waals surface area contributed by atoms with Crippen LogP contribution in [-0.4, -0.2) is 99.6 Å². The van der Waals surface area contributed by atoms with Crippen molar-refractivity contribution in [2.24, 2.45) is 28.6 Å². The SMILES string of the molecule is C[C@H]1C[C@H]2[C@@H]3CC=C4CC(=O)C=C[C@]4(C)[C@@]3(F)[C@@H](O)C[C@]2(C)[C@@]1(O)C(=O)COC(=O)CC(NC(=O)CCCCCO[N+](=O)[O-])C(=O)OCCCCO[N+](=O)[O-]. The molecule has 1 amide bonds. The number of halogens is 1. The third-order valence-corrected chi connectivity index (χ3v) is 12.2. The Balaban J connectivity index is 1.40. The van der Waals surface area contributed by atoms with Crippen molar-refractivity contribution in [1.29, 1.82) is 0 Å². The lowest BCUT2D eigenvalue weighted by atomic mass is 9.45. The standard InChI is InChI=1S/C36H50FN3O15/c1-22-17-26-25-11-10-23-18-24(41)12-13-33(23,2)35(25,37)28(42)20-34(26,3)36(22,47)29(43)21-53-31(45)19-27(32(46)52-14-7-8-16-55-40(50)51)38-30(44)9-5-4-6-15-54-39(48)49/h10,12-13,22,25-28,42,47H,4-9,11,14-21H2,1-3H3,(H,38,44)/t22-,25-,26-,27?,28-,33-,34-,35-,36-/m0/s1. The van der Waals surface area contributed by atoms with Crippen LogP contribution >= 0.6 is 0 Å². The van der Waals surface area contributed by atoms with E-state index in [2.05, 4.69) is 15.0 Å². The molecule has 4 aliphatic rings. The van der Waals surface area contributed by atoms with Gasteiger partial charge in [-0.1, -0.05) is 38.0 Å². The zero-order chi connectivity index (χ0) is 40.8. The van der Waals surface area contributed by atoms with E-state index in [0.717, 1.165) is 0 Å². The highest BCUT2D eigenvalue weighted by molar-refractivity contribution is 5.94. The Labute approximate surface area is 316 Å². The predicted molar refractivity (Wildman–Crippen MR) is 185 cm³/mol. The number of carbonyl (C=O) groups excluding carboxylic acids is 5. The molecule has 0 heterocycles. The predicted octanol–water partition coefficient (Wildman–Crippen LogP) is 2.62. The molecule has 19 heteroatoms. The van der Waals surface area contributed by atoms with E-state index in [4.69, 9.17) is 9.47 Å². The molecule has 0 aliphatic heterocycles. The smallest absolute Gasteiger partial charge is 0.329 e. The first kappa shape index (κ1) is 43.2. The summed E-state index contributed by atoms with van der Waals surface area (Å²) >= 11 is 0. The maximum Gasteiger partial charge on any atom is 0.329 e. The molecule has 2 fully saturated rings. The van der Waals surface area contributed by atoms with Gasteiger partial charge in [0.15, 0.2) is 18.1 Å². The number of ketones is 2. The van der Waals surface area contributed by atoms with Gasteiger partial charge in [0.25, 0.3) is 10.2 Å². The Kier molecular flexibility index (Phi) is 13.8. The Morgan fingerprint density at radius 3 is 2.29 bits per heavy atom. The zero-order valence-corrected chi connectivity index (χ0v) is 31.2.